The van der Waals surface area contributed by atoms with Gasteiger partial charge in [-0.2, -0.15) is 0 Å². The van der Waals surface area contributed by atoms with Crippen molar-refractivity contribution >= 4 is 33.7 Å². The first kappa shape index (κ1) is 17.5. The monoisotopic (exact) mass is 403 g/mol. The highest BCUT2D eigenvalue weighted by Gasteiger charge is 2.20. The van der Waals surface area contributed by atoms with Gasteiger partial charge in [0.2, 0.25) is 5.89 Å². The van der Waals surface area contributed by atoms with E-state index in [0.29, 0.717) is 11.7 Å². The molecule has 1 amide bonds. The van der Waals surface area contributed by atoms with Gasteiger partial charge in [-0.05, 0) is 36.6 Å². The van der Waals surface area contributed by atoms with Gasteiger partial charge in [0, 0.05) is 10.9 Å². The maximum Gasteiger partial charge on any atom is 0.279 e. The molecule has 0 spiro atoms. The predicted molar refractivity (Wildman–Crippen MR) is 100.0 cm³/mol. The highest BCUT2D eigenvalue weighted by molar-refractivity contribution is 7.14. The first-order chi connectivity index (χ1) is 13.0. The van der Waals surface area contributed by atoms with Gasteiger partial charge in [0.15, 0.2) is 10.8 Å². The Bertz CT molecular complexity index is 1120. The van der Waals surface area contributed by atoms with Crippen molar-refractivity contribution in [1.82, 2.24) is 9.97 Å². The van der Waals surface area contributed by atoms with E-state index in [1.54, 1.807) is 12.3 Å². The predicted octanol–water partition coefficient (Wildman–Crippen LogP) is 5.37. The molecule has 0 unspecified atom stereocenters. The summed E-state index contributed by atoms with van der Waals surface area (Å²) < 4.78 is 32.8. The molecule has 0 saturated carbocycles. The van der Waals surface area contributed by atoms with Crippen LogP contribution in [0.4, 0.5) is 13.9 Å². The standard InChI is InChI=1S/C18H11F2N3O2S2/c1-9-15(22-17(25-9)14-3-2-6-26-14)16(24)23-18-21-13(8-27-18)11-7-10(19)4-5-12(11)20/h2-8H,1H3,(H,21,23,24). The van der Waals surface area contributed by atoms with Crippen molar-refractivity contribution in [3.8, 4) is 22.0 Å². The van der Waals surface area contributed by atoms with Crippen LogP contribution in [0.2, 0.25) is 0 Å². The minimum atomic E-state index is -0.590. The third kappa shape index (κ3) is 3.51. The summed E-state index contributed by atoms with van der Waals surface area (Å²) in [5.74, 6) is -0.894. The van der Waals surface area contributed by atoms with E-state index in [-0.39, 0.29) is 22.1 Å². The number of benzene rings is 1. The van der Waals surface area contributed by atoms with Crippen molar-refractivity contribution in [2.45, 2.75) is 6.92 Å². The van der Waals surface area contributed by atoms with Gasteiger partial charge in [0.05, 0.1) is 10.6 Å². The topological polar surface area (TPSA) is 68.0 Å². The van der Waals surface area contributed by atoms with Crippen LogP contribution in [0.25, 0.3) is 22.0 Å². The van der Waals surface area contributed by atoms with Crippen molar-refractivity contribution in [2.24, 2.45) is 0 Å². The van der Waals surface area contributed by atoms with E-state index < -0.39 is 17.5 Å². The number of oxazole rings is 1. The average molecular weight is 403 g/mol. The van der Waals surface area contributed by atoms with Crippen LogP contribution in [0.1, 0.15) is 16.2 Å². The third-order valence-electron chi connectivity index (χ3n) is 3.67. The molecule has 0 saturated heterocycles. The summed E-state index contributed by atoms with van der Waals surface area (Å²) in [4.78, 5) is 21.7. The van der Waals surface area contributed by atoms with Crippen LogP contribution < -0.4 is 5.32 Å². The highest BCUT2D eigenvalue weighted by Crippen LogP contribution is 2.29. The number of anilines is 1. The number of carbonyl (C=O) groups is 1. The maximum absolute atomic E-state index is 13.9. The molecule has 1 aromatic carbocycles. The molecule has 0 atom stereocenters. The fourth-order valence-corrected chi connectivity index (χ4v) is 3.77. The zero-order chi connectivity index (χ0) is 19.0. The Morgan fingerprint density at radius 1 is 1.19 bits per heavy atom. The van der Waals surface area contributed by atoms with Gasteiger partial charge in [-0.25, -0.2) is 18.7 Å². The lowest BCUT2D eigenvalue weighted by Gasteiger charge is -2.00. The number of nitrogens with zero attached hydrogens (tertiary/aromatic N) is 2. The number of amides is 1. The second-order valence-electron chi connectivity index (χ2n) is 5.52. The molecule has 0 fully saturated rings. The lowest BCUT2D eigenvalue weighted by atomic mass is 10.1. The minimum Gasteiger partial charge on any atom is -0.440 e. The van der Waals surface area contributed by atoms with Crippen molar-refractivity contribution in [2.75, 3.05) is 5.32 Å². The zero-order valence-corrected chi connectivity index (χ0v) is 15.5. The Morgan fingerprint density at radius 3 is 2.81 bits per heavy atom. The second-order valence-corrected chi connectivity index (χ2v) is 7.32. The van der Waals surface area contributed by atoms with Gasteiger partial charge < -0.3 is 4.42 Å². The Morgan fingerprint density at radius 2 is 2.04 bits per heavy atom. The quantitative estimate of drug-likeness (QED) is 0.498. The number of hydrogen-bond donors (Lipinski definition) is 1. The van der Waals surface area contributed by atoms with Gasteiger partial charge in [-0.1, -0.05) is 6.07 Å². The van der Waals surface area contributed by atoms with E-state index in [4.69, 9.17) is 4.42 Å². The number of hydrogen-bond acceptors (Lipinski definition) is 6. The molecule has 0 bridgehead atoms. The Balaban J connectivity index is 1.56. The molecule has 0 aliphatic heterocycles. The van der Waals surface area contributed by atoms with Crippen molar-refractivity contribution in [3.63, 3.8) is 0 Å². The minimum absolute atomic E-state index is 0.0318. The van der Waals surface area contributed by atoms with E-state index in [0.717, 1.165) is 34.4 Å². The first-order valence-electron chi connectivity index (χ1n) is 7.75. The summed E-state index contributed by atoms with van der Waals surface area (Å²) in [5, 5.41) is 6.29. The van der Waals surface area contributed by atoms with Crippen LogP contribution in [-0.4, -0.2) is 15.9 Å². The van der Waals surface area contributed by atoms with Crippen molar-refractivity contribution < 1.29 is 18.0 Å². The largest absolute Gasteiger partial charge is 0.440 e. The molecular weight excluding hydrogens is 392 g/mol. The number of nitrogens with one attached hydrogen (secondary N) is 1. The molecule has 5 nitrogen and oxygen atoms in total. The molecule has 4 rings (SSSR count). The summed E-state index contributed by atoms with van der Waals surface area (Å²) in [6.07, 6.45) is 0. The van der Waals surface area contributed by atoms with E-state index >= 15 is 0 Å². The van der Waals surface area contributed by atoms with Crippen LogP contribution in [0.15, 0.2) is 45.5 Å². The molecule has 136 valence electrons. The SMILES string of the molecule is Cc1oc(-c2cccs2)nc1C(=O)Nc1nc(-c2cc(F)ccc2F)cs1. The lowest BCUT2D eigenvalue weighted by Crippen LogP contribution is -2.13. The molecule has 9 heteroatoms. The number of halogens is 2. The molecule has 27 heavy (non-hydrogen) atoms. The number of carbonyl (C=O) groups excluding carboxylic acids is 1. The van der Waals surface area contributed by atoms with Crippen LogP contribution in [0.5, 0.6) is 0 Å². The number of thiophene rings is 1. The number of aromatic nitrogens is 2. The van der Waals surface area contributed by atoms with Crippen molar-refractivity contribution in [1.29, 1.82) is 0 Å². The van der Waals surface area contributed by atoms with Crippen LogP contribution in [-0.2, 0) is 0 Å². The fourth-order valence-electron chi connectivity index (χ4n) is 2.42. The molecule has 1 N–H and O–H groups in total. The lowest BCUT2D eigenvalue weighted by molar-refractivity contribution is 0.102. The molecule has 0 radical (unpaired) electrons. The number of aryl methyl sites for hydroxylation is 1. The van der Waals surface area contributed by atoms with Gasteiger partial charge in [0.25, 0.3) is 5.91 Å². The second kappa shape index (κ2) is 7.01. The molecule has 4 aromatic rings. The molecular formula is C18H11F2N3O2S2. The highest BCUT2D eigenvalue weighted by atomic mass is 32.1. The van der Waals surface area contributed by atoms with Gasteiger partial charge in [-0.3, -0.25) is 10.1 Å². The third-order valence-corrected chi connectivity index (χ3v) is 5.29. The van der Waals surface area contributed by atoms with E-state index in [1.807, 2.05) is 17.5 Å². The average Bonchev–Trinajstić information content (AvgIpc) is 3.37. The van der Waals surface area contributed by atoms with Gasteiger partial charge in [-0.15, -0.1) is 22.7 Å². The zero-order valence-electron chi connectivity index (χ0n) is 13.8. The molecule has 3 heterocycles. The van der Waals surface area contributed by atoms with E-state index in [1.165, 1.54) is 11.3 Å². The summed E-state index contributed by atoms with van der Waals surface area (Å²) in [6, 6.07) is 6.84. The Kier molecular flexibility index (Phi) is 4.54. The summed E-state index contributed by atoms with van der Waals surface area (Å²) >= 11 is 2.56. The number of thiazole rings is 1. The summed E-state index contributed by atoms with van der Waals surface area (Å²) in [6.45, 7) is 1.65. The number of rotatable bonds is 4. The van der Waals surface area contributed by atoms with Gasteiger partial charge in [0.1, 0.15) is 17.4 Å². The summed E-state index contributed by atoms with van der Waals surface area (Å²) in [7, 11) is 0. The normalized spacial score (nSPS) is 10.9. The van der Waals surface area contributed by atoms with Crippen LogP contribution >= 0.6 is 22.7 Å². The van der Waals surface area contributed by atoms with Gasteiger partial charge >= 0.3 is 0 Å². The molecule has 0 aliphatic rings. The van der Waals surface area contributed by atoms with E-state index in [2.05, 4.69) is 15.3 Å². The Labute approximate surface area is 160 Å². The fraction of sp³-hybridized carbons (Fsp3) is 0.0556. The van der Waals surface area contributed by atoms with Crippen molar-refractivity contribution in [3.05, 3.63) is 64.2 Å². The smallest absolute Gasteiger partial charge is 0.279 e. The molecule has 0 aliphatic carbocycles. The van der Waals surface area contributed by atoms with Crippen LogP contribution in [0, 0.1) is 18.6 Å². The first-order valence-corrected chi connectivity index (χ1v) is 9.51. The van der Waals surface area contributed by atoms with Crippen LogP contribution in [0.3, 0.4) is 0 Å². The molecule has 3 aromatic heterocycles. The Hall–Kier alpha value is -2.91. The van der Waals surface area contributed by atoms with E-state index in [9.17, 15) is 13.6 Å². The maximum atomic E-state index is 13.9. The summed E-state index contributed by atoms with van der Waals surface area (Å²) in [5.41, 5.74) is 0.417.